The van der Waals surface area contributed by atoms with Crippen LogP contribution in [0, 0.1) is 5.82 Å². The van der Waals surface area contributed by atoms with Crippen LogP contribution < -0.4 is 4.72 Å². The zero-order chi connectivity index (χ0) is 14.5. The van der Waals surface area contributed by atoms with E-state index >= 15 is 0 Å². The van der Waals surface area contributed by atoms with Crippen molar-refractivity contribution in [1.82, 2.24) is 4.72 Å². The fourth-order valence-corrected chi connectivity index (χ4v) is 2.33. The minimum atomic E-state index is -3.70. The van der Waals surface area contributed by atoms with Gasteiger partial charge in [-0.1, -0.05) is 0 Å². The van der Waals surface area contributed by atoms with Gasteiger partial charge in [-0.3, -0.25) is 4.79 Å². The zero-order valence-corrected chi connectivity index (χ0v) is 11.6. The van der Waals surface area contributed by atoms with Crippen molar-refractivity contribution in [1.29, 1.82) is 0 Å². The SMILES string of the molecule is CCOC(=O)CCc1cc(F)cc(S(=O)(=O)NC)c1. The van der Waals surface area contributed by atoms with Crippen molar-refractivity contribution in [3.63, 3.8) is 0 Å². The number of carbonyl (C=O) groups is 1. The van der Waals surface area contributed by atoms with E-state index in [4.69, 9.17) is 4.74 Å². The highest BCUT2D eigenvalue weighted by molar-refractivity contribution is 7.89. The number of rotatable bonds is 6. The number of hydrogen-bond donors (Lipinski definition) is 1. The predicted octanol–water partition coefficient (Wildman–Crippen LogP) is 1.23. The summed E-state index contributed by atoms with van der Waals surface area (Å²) in [7, 11) is -2.45. The number of nitrogens with one attached hydrogen (secondary N) is 1. The molecule has 0 saturated carbocycles. The Morgan fingerprint density at radius 1 is 1.37 bits per heavy atom. The van der Waals surface area contributed by atoms with Crippen molar-refractivity contribution < 1.29 is 22.3 Å². The van der Waals surface area contributed by atoms with E-state index in [9.17, 15) is 17.6 Å². The predicted molar refractivity (Wildman–Crippen MR) is 67.6 cm³/mol. The van der Waals surface area contributed by atoms with Crippen molar-refractivity contribution in [2.45, 2.75) is 24.7 Å². The smallest absolute Gasteiger partial charge is 0.306 e. The largest absolute Gasteiger partial charge is 0.466 e. The molecular weight excluding hydrogens is 273 g/mol. The molecule has 0 aliphatic carbocycles. The summed E-state index contributed by atoms with van der Waals surface area (Å²) in [6.07, 6.45) is 0.305. The summed E-state index contributed by atoms with van der Waals surface area (Å²) in [6, 6.07) is 3.47. The Hall–Kier alpha value is -1.47. The minimum absolute atomic E-state index is 0.0797. The number of benzene rings is 1. The maximum absolute atomic E-state index is 13.4. The topological polar surface area (TPSA) is 72.5 Å². The molecule has 0 atom stereocenters. The molecule has 1 N–H and O–H groups in total. The van der Waals surface area contributed by atoms with Gasteiger partial charge in [0.05, 0.1) is 11.5 Å². The second kappa shape index (κ2) is 6.63. The lowest BCUT2D eigenvalue weighted by molar-refractivity contribution is -0.143. The van der Waals surface area contributed by atoms with E-state index < -0.39 is 21.8 Å². The molecule has 0 spiro atoms. The normalized spacial score (nSPS) is 11.3. The molecule has 1 aromatic rings. The molecule has 0 aliphatic rings. The number of ether oxygens (including phenoxy) is 1. The van der Waals surface area contributed by atoms with Crippen LogP contribution in [0.15, 0.2) is 23.1 Å². The molecule has 0 aromatic heterocycles. The van der Waals surface area contributed by atoms with E-state index in [2.05, 4.69) is 4.72 Å². The highest BCUT2D eigenvalue weighted by Gasteiger charge is 2.14. The van der Waals surface area contributed by atoms with Gasteiger partial charge >= 0.3 is 5.97 Å². The standard InChI is InChI=1S/C12H16FNO4S/c1-3-18-12(15)5-4-9-6-10(13)8-11(7-9)19(16,17)14-2/h6-8,14H,3-5H2,1-2H3. The lowest BCUT2D eigenvalue weighted by atomic mass is 10.1. The highest BCUT2D eigenvalue weighted by Crippen LogP contribution is 2.15. The number of carbonyl (C=O) groups excluding carboxylic acids is 1. The summed E-state index contributed by atoms with van der Waals surface area (Å²) >= 11 is 0. The summed E-state index contributed by atoms with van der Waals surface area (Å²) in [4.78, 5) is 11.0. The molecule has 0 heterocycles. The quantitative estimate of drug-likeness (QED) is 0.799. The molecule has 0 amide bonds. The van der Waals surface area contributed by atoms with Gasteiger partial charge < -0.3 is 4.74 Å². The lowest BCUT2D eigenvalue weighted by Crippen LogP contribution is -2.19. The second-order valence-corrected chi connectivity index (χ2v) is 5.69. The van der Waals surface area contributed by atoms with E-state index in [0.717, 1.165) is 6.07 Å². The van der Waals surface area contributed by atoms with Crippen LogP contribution in [0.4, 0.5) is 4.39 Å². The fraction of sp³-hybridized carbons (Fsp3) is 0.417. The number of aryl methyl sites for hydroxylation is 1. The maximum atomic E-state index is 13.4. The number of sulfonamides is 1. The number of halogens is 1. The van der Waals surface area contributed by atoms with Crippen LogP contribution in [-0.4, -0.2) is 28.0 Å². The van der Waals surface area contributed by atoms with Gasteiger partial charge in [-0.25, -0.2) is 17.5 Å². The summed E-state index contributed by atoms with van der Waals surface area (Å²) in [5, 5.41) is 0. The molecular formula is C12H16FNO4S. The molecule has 0 aliphatic heterocycles. The Labute approximate surface area is 111 Å². The second-order valence-electron chi connectivity index (χ2n) is 3.81. The first-order valence-corrected chi connectivity index (χ1v) is 7.26. The maximum Gasteiger partial charge on any atom is 0.306 e. The molecule has 0 saturated heterocycles. The first-order valence-electron chi connectivity index (χ1n) is 5.77. The Morgan fingerprint density at radius 2 is 2.05 bits per heavy atom. The lowest BCUT2D eigenvalue weighted by Gasteiger charge is -2.06. The van der Waals surface area contributed by atoms with Crippen molar-refractivity contribution >= 4 is 16.0 Å². The van der Waals surface area contributed by atoms with Crippen LogP contribution in [0.3, 0.4) is 0 Å². The Morgan fingerprint density at radius 3 is 2.63 bits per heavy atom. The average Bonchev–Trinajstić information content (AvgIpc) is 2.36. The molecule has 5 nitrogen and oxygen atoms in total. The molecule has 19 heavy (non-hydrogen) atoms. The highest BCUT2D eigenvalue weighted by atomic mass is 32.2. The van der Waals surface area contributed by atoms with Crippen LogP contribution in [0.25, 0.3) is 0 Å². The van der Waals surface area contributed by atoms with Gasteiger partial charge in [-0.15, -0.1) is 0 Å². The molecule has 0 unspecified atom stereocenters. The summed E-state index contributed by atoms with van der Waals surface area (Å²) in [5.41, 5.74) is 0.432. The van der Waals surface area contributed by atoms with E-state index in [0.29, 0.717) is 5.56 Å². The van der Waals surface area contributed by atoms with Gasteiger partial charge in [0.25, 0.3) is 0 Å². The molecule has 0 fully saturated rings. The average molecular weight is 289 g/mol. The van der Waals surface area contributed by atoms with Crippen LogP contribution in [0.1, 0.15) is 18.9 Å². The van der Waals surface area contributed by atoms with E-state index in [1.165, 1.54) is 19.2 Å². The summed E-state index contributed by atoms with van der Waals surface area (Å²) in [5.74, 6) is -1.06. The van der Waals surface area contributed by atoms with E-state index in [-0.39, 0.29) is 24.3 Å². The molecule has 106 valence electrons. The third-order valence-electron chi connectivity index (χ3n) is 2.43. The van der Waals surface area contributed by atoms with Crippen molar-refractivity contribution in [3.8, 4) is 0 Å². The zero-order valence-electron chi connectivity index (χ0n) is 10.8. The van der Waals surface area contributed by atoms with Crippen molar-refractivity contribution in [2.75, 3.05) is 13.7 Å². The van der Waals surface area contributed by atoms with Crippen molar-refractivity contribution in [2.24, 2.45) is 0 Å². The van der Waals surface area contributed by atoms with Gasteiger partial charge in [0.2, 0.25) is 10.0 Å². The molecule has 1 aromatic carbocycles. The summed E-state index contributed by atoms with van der Waals surface area (Å²) in [6.45, 7) is 1.97. The monoisotopic (exact) mass is 289 g/mol. The van der Waals surface area contributed by atoms with Crippen LogP contribution in [0.5, 0.6) is 0 Å². The Bertz CT molecular complexity index is 557. The Balaban J connectivity index is 2.89. The molecule has 0 radical (unpaired) electrons. The first kappa shape index (κ1) is 15.6. The van der Waals surface area contributed by atoms with Gasteiger partial charge in [0.15, 0.2) is 0 Å². The summed E-state index contributed by atoms with van der Waals surface area (Å²) < 4.78 is 43.4. The molecule has 0 bridgehead atoms. The Kier molecular flexibility index (Phi) is 5.44. The number of hydrogen-bond acceptors (Lipinski definition) is 4. The third kappa shape index (κ3) is 4.60. The van der Waals surface area contributed by atoms with Crippen LogP contribution in [0.2, 0.25) is 0 Å². The fourth-order valence-electron chi connectivity index (χ4n) is 1.52. The number of esters is 1. The van der Waals surface area contributed by atoms with Crippen molar-refractivity contribution in [3.05, 3.63) is 29.6 Å². The van der Waals surface area contributed by atoms with Gasteiger partial charge in [-0.2, -0.15) is 0 Å². The molecule has 7 heteroatoms. The van der Waals surface area contributed by atoms with Gasteiger partial charge in [0, 0.05) is 6.42 Å². The third-order valence-corrected chi connectivity index (χ3v) is 3.83. The van der Waals surface area contributed by atoms with E-state index in [1.54, 1.807) is 6.92 Å². The first-order chi connectivity index (χ1) is 8.89. The van der Waals surface area contributed by atoms with Gasteiger partial charge in [0.1, 0.15) is 5.82 Å². The van der Waals surface area contributed by atoms with Crippen LogP contribution in [-0.2, 0) is 26.0 Å². The van der Waals surface area contributed by atoms with Gasteiger partial charge in [-0.05, 0) is 44.2 Å². The molecule has 1 rings (SSSR count). The minimum Gasteiger partial charge on any atom is -0.466 e. The van der Waals surface area contributed by atoms with Crippen LogP contribution >= 0.6 is 0 Å². The van der Waals surface area contributed by atoms with E-state index in [1.807, 2.05) is 0 Å².